The van der Waals surface area contributed by atoms with E-state index in [1.165, 1.54) is 0 Å². The summed E-state index contributed by atoms with van der Waals surface area (Å²) in [6.45, 7) is 5.77. The van der Waals surface area contributed by atoms with E-state index >= 15 is 0 Å². The zero-order valence-corrected chi connectivity index (χ0v) is 7.54. The highest BCUT2D eigenvalue weighted by atomic mass is 14.7. The van der Waals surface area contributed by atoms with Gasteiger partial charge in [0.25, 0.3) is 0 Å². The number of rotatable bonds is 1. The second-order valence-electron chi connectivity index (χ2n) is 2.63. The van der Waals surface area contributed by atoms with Gasteiger partial charge in [-0.1, -0.05) is 30.9 Å². The molecule has 0 unspecified atom stereocenters. The van der Waals surface area contributed by atoms with Crippen LogP contribution in [0.25, 0.3) is 0 Å². The molecule has 1 aliphatic rings. The normalized spacial score (nSPS) is 23.0. The number of aliphatic imine (C=N–C) groups is 1. The lowest BCUT2D eigenvalue weighted by atomic mass is 10.0. The summed E-state index contributed by atoms with van der Waals surface area (Å²) in [6.07, 6.45) is 9.91. The monoisotopic (exact) mass is 159 g/mol. The van der Waals surface area contributed by atoms with Gasteiger partial charge in [0.1, 0.15) is 0 Å². The molecule has 12 heavy (non-hydrogen) atoms. The number of hydrogen-bond donors (Lipinski definition) is 0. The van der Waals surface area contributed by atoms with E-state index in [0.29, 0.717) is 0 Å². The summed E-state index contributed by atoms with van der Waals surface area (Å²) in [4.78, 5) is 4.17. The minimum absolute atomic E-state index is 1.02. The van der Waals surface area contributed by atoms with Gasteiger partial charge in [0.15, 0.2) is 0 Å². The van der Waals surface area contributed by atoms with E-state index in [0.717, 1.165) is 16.9 Å². The van der Waals surface area contributed by atoms with Crippen LogP contribution in [0, 0.1) is 0 Å². The lowest BCUT2D eigenvalue weighted by molar-refractivity contribution is 1.40. The molecule has 0 atom stereocenters. The van der Waals surface area contributed by atoms with Crippen LogP contribution in [-0.4, -0.2) is 12.8 Å². The fourth-order valence-electron chi connectivity index (χ4n) is 1.11. The summed E-state index contributed by atoms with van der Waals surface area (Å²) in [5.41, 5.74) is 3.35. The quantitative estimate of drug-likeness (QED) is 0.557. The van der Waals surface area contributed by atoms with Crippen LogP contribution < -0.4 is 0 Å². The average Bonchev–Trinajstić information content (AvgIpc) is 2.16. The first-order chi connectivity index (χ1) is 5.79. The van der Waals surface area contributed by atoms with E-state index < -0.39 is 0 Å². The predicted octanol–water partition coefficient (Wildman–Crippen LogP) is 2.69. The Kier molecular flexibility index (Phi) is 2.81. The van der Waals surface area contributed by atoms with Crippen LogP contribution in [0.15, 0.2) is 53.1 Å². The SMILES string of the molecule is C=C/C(C)=C1/C=CC=CC1=NC. The molecule has 0 aromatic heterocycles. The van der Waals surface area contributed by atoms with Crippen molar-refractivity contribution in [3.63, 3.8) is 0 Å². The van der Waals surface area contributed by atoms with Crippen LogP contribution in [0.3, 0.4) is 0 Å². The predicted molar refractivity (Wildman–Crippen MR) is 54.5 cm³/mol. The second kappa shape index (κ2) is 3.86. The zero-order chi connectivity index (χ0) is 8.97. The Morgan fingerprint density at radius 2 is 2.08 bits per heavy atom. The molecule has 0 heterocycles. The van der Waals surface area contributed by atoms with Crippen molar-refractivity contribution in [3.8, 4) is 0 Å². The van der Waals surface area contributed by atoms with Gasteiger partial charge in [-0.3, -0.25) is 4.99 Å². The molecule has 0 fully saturated rings. The Morgan fingerprint density at radius 1 is 1.42 bits per heavy atom. The van der Waals surface area contributed by atoms with Crippen molar-refractivity contribution in [3.05, 3.63) is 48.1 Å². The molecule has 0 N–H and O–H groups in total. The van der Waals surface area contributed by atoms with Crippen molar-refractivity contribution in [2.75, 3.05) is 7.05 Å². The smallest absolute Gasteiger partial charge is 0.0645 e. The van der Waals surface area contributed by atoms with Crippen LogP contribution in [0.2, 0.25) is 0 Å². The number of allylic oxidation sites excluding steroid dienone is 7. The van der Waals surface area contributed by atoms with Gasteiger partial charge in [-0.15, -0.1) is 0 Å². The highest BCUT2D eigenvalue weighted by Crippen LogP contribution is 2.13. The van der Waals surface area contributed by atoms with Crippen molar-refractivity contribution in [1.82, 2.24) is 0 Å². The Labute approximate surface area is 73.5 Å². The van der Waals surface area contributed by atoms with Gasteiger partial charge >= 0.3 is 0 Å². The molecule has 0 saturated carbocycles. The first-order valence-electron chi connectivity index (χ1n) is 3.95. The molecule has 62 valence electrons. The minimum atomic E-state index is 1.02. The summed E-state index contributed by atoms with van der Waals surface area (Å²) in [5.74, 6) is 0. The van der Waals surface area contributed by atoms with Crippen LogP contribution >= 0.6 is 0 Å². The van der Waals surface area contributed by atoms with E-state index in [1.807, 2.05) is 31.2 Å². The van der Waals surface area contributed by atoms with Crippen molar-refractivity contribution < 1.29 is 0 Å². The standard InChI is InChI=1S/C11H13N/c1-4-9(2)10-7-5-6-8-11(10)12-3/h4-8H,1H2,2-3H3/b10-9-,12-11?. The second-order valence-corrected chi connectivity index (χ2v) is 2.63. The topological polar surface area (TPSA) is 12.4 Å². The molecule has 0 saturated heterocycles. The van der Waals surface area contributed by atoms with Crippen molar-refractivity contribution in [2.45, 2.75) is 6.92 Å². The molecule has 0 aliphatic heterocycles. The molecule has 0 bridgehead atoms. The molecule has 1 rings (SSSR count). The van der Waals surface area contributed by atoms with Gasteiger partial charge in [-0.2, -0.15) is 0 Å². The highest BCUT2D eigenvalue weighted by Gasteiger charge is 2.04. The van der Waals surface area contributed by atoms with Gasteiger partial charge < -0.3 is 0 Å². The van der Waals surface area contributed by atoms with Crippen LogP contribution in [0.1, 0.15) is 6.92 Å². The van der Waals surface area contributed by atoms with Gasteiger partial charge in [0, 0.05) is 12.6 Å². The lowest BCUT2D eigenvalue weighted by Crippen LogP contribution is -2.01. The third-order valence-electron chi connectivity index (χ3n) is 1.88. The summed E-state index contributed by atoms with van der Waals surface area (Å²) in [7, 11) is 1.80. The van der Waals surface area contributed by atoms with Crippen molar-refractivity contribution in [2.24, 2.45) is 4.99 Å². The number of hydrogen-bond acceptors (Lipinski definition) is 1. The molecule has 0 aromatic carbocycles. The fraction of sp³-hybridized carbons (Fsp3) is 0.182. The Balaban J connectivity index is 3.14. The first-order valence-corrected chi connectivity index (χ1v) is 3.95. The van der Waals surface area contributed by atoms with Crippen LogP contribution in [-0.2, 0) is 0 Å². The summed E-state index contributed by atoms with van der Waals surface area (Å²) < 4.78 is 0. The molecule has 1 heteroatoms. The van der Waals surface area contributed by atoms with Gasteiger partial charge in [-0.25, -0.2) is 0 Å². The maximum Gasteiger partial charge on any atom is 0.0645 e. The maximum atomic E-state index is 4.17. The molecule has 0 radical (unpaired) electrons. The summed E-state index contributed by atoms with van der Waals surface area (Å²) in [6, 6.07) is 0. The van der Waals surface area contributed by atoms with Crippen molar-refractivity contribution in [1.29, 1.82) is 0 Å². The van der Waals surface area contributed by atoms with Crippen LogP contribution in [0.4, 0.5) is 0 Å². The van der Waals surface area contributed by atoms with E-state index in [-0.39, 0.29) is 0 Å². The Bertz CT molecular complexity index is 301. The third-order valence-corrected chi connectivity index (χ3v) is 1.88. The molecule has 1 nitrogen and oxygen atoms in total. The third kappa shape index (κ3) is 1.62. The molecule has 1 aliphatic carbocycles. The van der Waals surface area contributed by atoms with Crippen molar-refractivity contribution >= 4 is 5.71 Å². The van der Waals surface area contributed by atoms with Crippen LogP contribution in [0.5, 0.6) is 0 Å². The lowest BCUT2D eigenvalue weighted by Gasteiger charge is -2.07. The van der Waals surface area contributed by atoms with E-state index in [9.17, 15) is 0 Å². The Hall–Kier alpha value is -1.37. The summed E-state index contributed by atoms with van der Waals surface area (Å²) >= 11 is 0. The molecule has 0 aromatic rings. The van der Waals surface area contributed by atoms with E-state index in [2.05, 4.69) is 17.6 Å². The molecule has 0 spiro atoms. The first kappa shape index (κ1) is 8.72. The minimum Gasteiger partial charge on any atom is -0.288 e. The van der Waals surface area contributed by atoms with E-state index in [4.69, 9.17) is 0 Å². The average molecular weight is 159 g/mol. The molecular weight excluding hydrogens is 146 g/mol. The van der Waals surface area contributed by atoms with Gasteiger partial charge in [0.2, 0.25) is 0 Å². The van der Waals surface area contributed by atoms with Gasteiger partial charge in [-0.05, 0) is 18.6 Å². The Morgan fingerprint density at radius 3 is 2.67 bits per heavy atom. The fourth-order valence-corrected chi connectivity index (χ4v) is 1.11. The number of nitrogens with zero attached hydrogens (tertiary/aromatic N) is 1. The van der Waals surface area contributed by atoms with E-state index in [1.54, 1.807) is 7.05 Å². The highest BCUT2D eigenvalue weighted by molar-refractivity contribution is 6.12. The van der Waals surface area contributed by atoms with Gasteiger partial charge in [0.05, 0.1) is 5.71 Å². The largest absolute Gasteiger partial charge is 0.288 e. The summed E-state index contributed by atoms with van der Waals surface area (Å²) in [5, 5.41) is 0. The maximum absolute atomic E-state index is 4.17. The molecular formula is C11H13N. The molecule has 0 amide bonds. The zero-order valence-electron chi connectivity index (χ0n) is 7.54.